The van der Waals surface area contributed by atoms with Gasteiger partial charge in [0.25, 0.3) is 0 Å². The third kappa shape index (κ3) is 6.31. The van der Waals surface area contributed by atoms with Crippen molar-refractivity contribution >= 4 is 11.9 Å². The van der Waals surface area contributed by atoms with E-state index in [4.69, 9.17) is 19.9 Å². The van der Waals surface area contributed by atoms with E-state index in [9.17, 15) is 9.59 Å². The second-order valence-corrected chi connectivity index (χ2v) is 14.8. The second kappa shape index (κ2) is 12.6. The summed E-state index contributed by atoms with van der Waals surface area (Å²) >= 11 is 0. The minimum atomic E-state index is -0.782. The van der Waals surface area contributed by atoms with Gasteiger partial charge in [0.15, 0.2) is 0 Å². The van der Waals surface area contributed by atoms with E-state index in [-0.39, 0.29) is 24.6 Å². The first-order valence-electron chi connectivity index (χ1n) is 16.7. The summed E-state index contributed by atoms with van der Waals surface area (Å²) in [5.41, 5.74) is 9.91. The molecule has 0 bridgehead atoms. The van der Waals surface area contributed by atoms with Gasteiger partial charge in [0.2, 0.25) is 0 Å². The number of unbranched alkanes of at least 4 members (excludes halogenated alkanes) is 1. The summed E-state index contributed by atoms with van der Waals surface area (Å²) in [6, 6.07) is 0. The monoisotopic (exact) mass is 581 g/mol. The van der Waals surface area contributed by atoms with Crippen LogP contribution < -0.4 is 5.73 Å². The number of allylic oxidation sites excluding steroid dienone is 4. The molecule has 3 unspecified atom stereocenters. The van der Waals surface area contributed by atoms with Gasteiger partial charge in [-0.15, -0.1) is 0 Å². The zero-order chi connectivity index (χ0) is 30.1. The average Bonchev–Trinajstić information content (AvgIpc) is 3.31. The molecule has 3 saturated carbocycles. The fourth-order valence-electron chi connectivity index (χ4n) is 10.2. The fraction of sp³-hybridized carbons (Fsp3) is 0.778. The van der Waals surface area contributed by atoms with Crippen LogP contribution in [0.4, 0.5) is 0 Å². The highest BCUT2D eigenvalue weighted by atomic mass is 16.6. The zero-order valence-corrected chi connectivity index (χ0v) is 26.8. The molecule has 6 nitrogen and oxygen atoms in total. The lowest BCUT2D eigenvalue weighted by atomic mass is 9.46. The van der Waals surface area contributed by atoms with Gasteiger partial charge in [0.05, 0.1) is 13.2 Å². The second-order valence-electron chi connectivity index (χ2n) is 14.8. The Balaban J connectivity index is 1.21. The number of carbonyl (C=O) groups is 2. The molecule has 1 heterocycles. The molecule has 3 fully saturated rings. The van der Waals surface area contributed by atoms with E-state index in [1.165, 1.54) is 59.0 Å². The van der Waals surface area contributed by atoms with Crippen molar-refractivity contribution in [2.45, 2.75) is 123 Å². The number of esters is 2. The molecule has 0 aromatic rings. The van der Waals surface area contributed by atoms with Crippen LogP contribution in [0.5, 0.6) is 0 Å². The lowest BCUT2D eigenvalue weighted by Gasteiger charge is -2.58. The summed E-state index contributed by atoms with van der Waals surface area (Å²) in [5.74, 6) is 3.17. The van der Waals surface area contributed by atoms with Crippen LogP contribution in [0, 0.1) is 40.4 Å². The predicted molar refractivity (Wildman–Crippen MR) is 165 cm³/mol. The Morgan fingerprint density at radius 3 is 2.67 bits per heavy atom. The fourth-order valence-corrected chi connectivity index (χ4v) is 10.2. The van der Waals surface area contributed by atoms with Crippen LogP contribution in [0.1, 0.15) is 111 Å². The summed E-state index contributed by atoms with van der Waals surface area (Å²) < 4.78 is 16.3. The topological polar surface area (TPSA) is 87.9 Å². The standard InChI is InChI=1S/C36H55NO5/c1-24(9-6-7-11-33(39)40-5)30-14-15-31-29-13-12-27-21-26(16-19-34(27,3)32(29)17-20-35(30,31)4)22-36(37)18-8-10-28(42-36)23-41-25(2)38/h8-9,12,18,26,28-32H,6-7,10-11,13-17,19-23,37H2,1-5H3/b24-9+/t26-,28-,29-,30?,31?,32?,34-,35+,36-/m0/s1. The van der Waals surface area contributed by atoms with Crippen molar-refractivity contribution in [3.8, 4) is 0 Å². The summed E-state index contributed by atoms with van der Waals surface area (Å²) in [7, 11) is 1.47. The van der Waals surface area contributed by atoms with Crippen LogP contribution in [0.2, 0.25) is 0 Å². The highest BCUT2D eigenvalue weighted by Crippen LogP contribution is 2.67. The third-order valence-corrected chi connectivity index (χ3v) is 12.3. The molecular weight excluding hydrogens is 526 g/mol. The van der Waals surface area contributed by atoms with E-state index in [1.54, 1.807) is 11.1 Å². The Hall–Kier alpha value is -1.92. The first-order chi connectivity index (χ1) is 20.0. The van der Waals surface area contributed by atoms with E-state index < -0.39 is 5.72 Å². The van der Waals surface area contributed by atoms with Crippen molar-refractivity contribution in [3.63, 3.8) is 0 Å². The Morgan fingerprint density at radius 2 is 1.90 bits per heavy atom. The quantitative estimate of drug-likeness (QED) is 0.173. The maximum Gasteiger partial charge on any atom is 0.305 e. The molecule has 4 aliphatic carbocycles. The third-order valence-electron chi connectivity index (χ3n) is 12.3. The summed E-state index contributed by atoms with van der Waals surface area (Å²) in [4.78, 5) is 22.8. The first kappa shape index (κ1) is 31.5. The average molecular weight is 582 g/mol. The van der Waals surface area contributed by atoms with Crippen LogP contribution in [-0.4, -0.2) is 37.5 Å². The van der Waals surface area contributed by atoms with Gasteiger partial charge < -0.3 is 19.9 Å². The SMILES string of the molecule is COC(=O)CCC/C=C(\C)C1CCC2[C@@H]3CC=C4C[C@@H](C[C@]5(N)C=CC[C@@H](COC(C)=O)O5)CC[C@]4(C)C3CC[C@]12C. The molecule has 5 aliphatic rings. The Bertz CT molecular complexity index is 1110. The molecule has 6 heteroatoms. The van der Waals surface area contributed by atoms with Gasteiger partial charge in [-0.1, -0.05) is 43.2 Å². The minimum Gasteiger partial charge on any atom is -0.469 e. The zero-order valence-electron chi connectivity index (χ0n) is 26.8. The highest BCUT2D eigenvalue weighted by Gasteiger charge is 2.58. The number of carbonyl (C=O) groups excluding carboxylic acids is 2. The Kier molecular flexibility index (Phi) is 9.45. The molecule has 9 atom stereocenters. The van der Waals surface area contributed by atoms with Crippen molar-refractivity contribution in [2.75, 3.05) is 13.7 Å². The van der Waals surface area contributed by atoms with Crippen LogP contribution in [0.15, 0.2) is 35.5 Å². The lowest BCUT2D eigenvalue weighted by molar-refractivity contribution is -0.152. The van der Waals surface area contributed by atoms with Gasteiger partial charge >= 0.3 is 11.9 Å². The van der Waals surface area contributed by atoms with Crippen molar-refractivity contribution < 1.29 is 23.8 Å². The largest absolute Gasteiger partial charge is 0.469 e. The van der Waals surface area contributed by atoms with Crippen molar-refractivity contribution in [1.82, 2.24) is 0 Å². The number of fused-ring (bicyclic) bond motifs is 5. The summed E-state index contributed by atoms with van der Waals surface area (Å²) in [6.07, 6.45) is 23.0. The molecule has 0 spiro atoms. The molecule has 5 rings (SSSR count). The molecule has 0 aromatic heterocycles. The molecule has 0 saturated heterocycles. The molecular formula is C36H55NO5. The molecule has 1 aliphatic heterocycles. The van der Waals surface area contributed by atoms with Gasteiger partial charge in [-0.2, -0.15) is 0 Å². The maximum atomic E-state index is 11.5. The number of rotatable bonds is 9. The maximum absolute atomic E-state index is 11.5. The van der Waals surface area contributed by atoms with E-state index in [0.29, 0.717) is 29.1 Å². The molecule has 234 valence electrons. The Morgan fingerprint density at radius 1 is 1.10 bits per heavy atom. The number of hydrogen-bond donors (Lipinski definition) is 1. The van der Waals surface area contributed by atoms with E-state index >= 15 is 0 Å². The number of methoxy groups -OCH3 is 1. The van der Waals surface area contributed by atoms with Gasteiger partial charge in [0, 0.05) is 13.3 Å². The van der Waals surface area contributed by atoms with Crippen LogP contribution in [0.3, 0.4) is 0 Å². The molecule has 42 heavy (non-hydrogen) atoms. The van der Waals surface area contributed by atoms with E-state index in [1.807, 2.05) is 6.08 Å². The number of ether oxygens (including phenoxy) is 3. The highest BCUT2D eigenvalue weighted by molar-refractivity contribution is 5.69. The molecule has 0 radical (unpaired) electrons. The van der Waals surface area contributed by atoms with Crippen LogP contribution in [0.25, 0.3) is 0 Å². The number of hydrogen-bond acceptors (Lipinski definition) is 6. The van der Waals surface area contributed by atoms with Crippen LogP contribution in [-0.2, 0) is 23.8 Å². The van der Waals surface area contributed by atoms with Crippen molar-refractivity contribution in [1.29, 1.82) is 0 Å². The van der Waals surface area contributed by atoms with Crippen LogP contribution >= 0.6 is 0 Å². The predicted octanol–water partition coefficient (Wildman–Crippen LogP) is 7.42. The van der Waals surface area contributed by atoms with Crippen molar-refractivity contribution in [3.05, 3.63) is 35.5 Å². The van der Waals surface area contributed by atoms with Crippen molar-refractivity contribution in [2.24, 2.45) is 46.2 Å². The molecule has 0 amide bonds. The minimum absolute atomic E-state index is 0.105. The van der Waals surface area contributed by atoms with E-state index in [0.717, 1.165) is 49.9 Å². The van der Waals surface area contributed by atoms with Gasteiger partial charge in [-0.05, 0) is 130 Å². The summed E-state index contributed by atoms with van der Waals surface area (Å²) in [5, 5.41) is 0. The summed E-state index contributed by atoms with van der Waals surface area (Å²) in [6.45, 7) is 9.23. The number of nitrogens with two attached hydrogens (primary N) is 1. The first-order valence-corrected chi connectivity index (χ1v) is 16.7. The van der Waals surface area contributed by atoms with Gasteiger partial charge in [-0.25, -0.2) is 0 Å². The van der Waals surface area contributed by atoms with Gasteiger partial charge in [0.1, 0.15) is 12.3 Å². The normalized spacial score (nSPS) is 41.3. The van der Waals surface area contributed by atoms with Gasteiger partial charge in [-0.3, -0.25) is 9.59 Å². The Labute approximate surface area is 253 Å². The van der Waals surface area contributed by atoms with E-state index in [2.05, 4.69) is 39.0 Å². The molecule has 0 aromatic carbocycles. The molecule has 2 N–H and O–H groups in total. The lowest BCUT2D eigenvalue weighted by Crippen LogP contribution is -2.51. The smallest absolute Gasteiger partial charge is 0.305 e.